The predicted molar refractivity (Wildman–Crippen MR) is 154 cm³/mol. The smallest absolute Gasteiger partial charge is 0.330 e. The molecular formula is C30H30ClN5O4. The maximum atomic E-state index is 13.6. The Bertz CT molecular complexity index is 1470. The normalized spacial score (nSPS) is 17.2. The van der Waals surface area contributed by atoms with Crippen molar-refractivity contribution in [1.29, 1.82) is 0 Å². The molecule has 0 radical (unpaired) electrons. The lowest BCUT2D eigenvalue weighted by molar-refractivity contribution is -0.146. The Kier molecular flexibility index (Phi) is 7.95. The van der Waals surface area contributed by atoms with Gasteiger partial charge in [-0.05, 0) is 49.1 Å². The molecule has 2 aliphatic rings. The number of rotatable bonds is 7. The van der Waals surface area contributed by atoms with E-state index in [-0.39, 0.29) is 11.5 Å². The van der Waals surface area contributed by atoms with E-state index in [1.54, 1.807) is 18.9 Å². The predicted octanol–water partition coefficient (Wildman–Crippen LogP) is 4.62. The highest BCUT2D eigenvalue weighted by Gasteiger charge is 2.36. The van der Waals surface area contributed by atoms with Crippen LogP contribution >= 0.6 is 11.6 Å². The highest BCUT2D eigenvalue weighted by molar-refractivity contribution is 6.30. The number of hydrogen-bond acceptors (Lipinski definition) is 8. The maximum absolute atomic E-state index is 13.6. The number of carbonyl (C=O) groups excluding carboxylic acids is 2. The molecule has 40 heavy (non-hydrogen) atoms. The highest BCUT2D eigenvalue weighted by Crippen LogP contribution is 2.34. The molecule has 0 bridgehead atoms. The number of nitrogens with zero attached hydrogens (tertiary/aromatic N) is 4. The zero-order chi connectivity index (χ0) is 28.3. The Labute approximate surface area is 237 Å². The molecule has 0 saturated carbocycles. The van der Waals surface area contributed by atoms with Crippen LogP contribution in [-0.2, 0) is 14.3 Å². The Hall–Kier alpha value is -4.08. The summed E-state index contributed by atoms with van der Waals surface area (Å²) in [6.45, 7) is 4.65. The molecule has 3 aromatic rings. The van der Waals surface area contributed by atoms with Crippen molar-refractivity contribution in [2.75, 3.05) is 31.9 Å². The number of benzene rings is 2. The van der Waals surface area contributed by atoms with E-state index in [0.717, 1.165) is 22.4 Å². The maximum Gasteiger partial charge on any atom is 0.330 e. The molecular weight excluding hydrogens is 530 g/mol. The largest absolute Gasteiger partial charge is 0.467 e. The van der Waals surface area contributed by atoms with Crippen molar-refractivity contribution in [2.45, 2.75) is 31.7 Å². The average molecular weight is 560 g/mol. The van der Waals surface area contributed by atoms with Crippen LogP contribution in [0.4, 0.5) is 5.82 Å². The second-order valence-corrected chi connectivity index (χ2v) is 10.5. The molecule has 3 heterocycles. The minimum atomic E-state index is -1.26. The first-order chi connectivity index (χ1) is 19.3. The zero-order valence-electron chi connectivity index (χ0n) is 22.6. The van der Waals surface area contributed by atoms with Gasteiger partial charge in [0.25, 0.3) is 5.91 Å². The van der Waals surface area contributed by atoms with Crippen LogP contribution in [-0.4, -0.2) is 60.0 Å². The standard InChI is InChI=1S/C30H30ClN5O4/c1-30(2,29(38)39-3)34-28(37)23-17-32-26(21-13-15-40-16-14-21)33-27(23)36-18-24(19-7-5-4-6-8-19)25(35-36)20-9-11-22(31)12-10-20/h4-13,17,24H,14-16,18H2,1-3H3,(H,34,37). The first-order valence-corrected chi connectivity index (χ1v) is 13.4. The molecule has 10 heteroatoms. The van der Waals surface area contributed by atoms with Crippen LogP contribution in [0.5, 0.6) is 0 Å². The summed E-state index contributed by atoms with van der Waals surface area (Å²) in [5, 5.41) is 10.1. The molecule has 0 saturated heterocycles. The van der Waals surface area contributed by atoms with Crippen molar-refractivity contribution in [2.24, 2.45) is 5.10 Å². The third kappa shape index (κ3) is 5.76. The van der Waals surface area contributed by atoms with Crippen molar-refractivity contribution in [3.8, 4) is 0 Å². The van der Waals surface area contributed by atoms with E-state index < -0.39 is 17.4 Å². The van der Waals surface area contributed by atoms with Gasteiger partial charge in [-0.2, -0.15) is 5.10 Å². The molecule has 1 unspecified atom stereocenters. The minimum absolute atomic E-state index is 0.0921. The van der Waals surface area contributed by atoms with Gasteiger partial charge in [0.1, 0.15) is 11.1 Å². The molecule has 1 amide bonds. The van der Waals surface area contributed by atoms with E-state index in [0.29, 0.717) is 42.8 Å². The number of aromatic nitrogens is 2. The fourth-order valence-corrected chi connectivity index (χ4v) is 4.86. The quantitative estimate of drug-likeness (QED) is 0.421. The second-order valence-electron chi connectivity index (χ2n) is 10.1. The lowest BCUT2D eigenvalue weighted by Gasteiger charge is -2.25. The van der Waals surface area contributed by atoms with Gasteiger partial charge in [0.05, 0.1) is 32.6 Å². The number of hydrazone groups is 1. The number of anilines is 1. The van der Waals surface area contributed by atoms with E-state index in [1.165, 1.54) is 13.3 Å². The van der Waals surface area contributed by atoms with Gasteiger partial charge in [-0.15, -0.1) is 0 Å². The lowest BCUT2D eigenvalue weighted by atomic mass is 9.90. The van der Waals surface area contributed by atoms with Crippen molar-refractivity contribution in [3.05, 3.63) is 94.4 Å². The summed E-state index contributed by atoms with van der Waals surface area (Å²) in [5.41, 5.74) is 2.70. The first kappa shape index (κ1) is 27.5. The van der Waals surface area contributed by atoms with Crippen LogP contribution < -0.4 is 10.3 Å². The molecule has 0 fully saturated rings. The average Bonchev–Trinajstić information content (AvgIpc) is 3.43. The van der Waals surface area contributed by atoms with E-state index in [9.17, 15) is 9.59 Å². The molecule has 0 spiro atoms. The summed E-state index contributed by atoms with van der Waals surface area (Å²) < 4.78 is 10.3. The van der Waals surface area contributed by atoms with Crippen LogP contribution in [0.2, 0.25) is 5.02 Å². The zero-order valence-corrected chi connectivity index (χ0v) is 23.3. The second kappa shape index (κ2) is 11.6. The Morgan fingerprint density at radius 3 is 2.55 bits per heavy atom. The Balaban J connectivity index is 1.60. The minimum Gasteiger partial charge on any atom is -0.467 e. The van der Waals surface area contributed by atoms with Crippen molar-refractivity contribution in [3.63, 3.8) is 0 Å². The van der Waals surface area contributed by atoms with E-state index in [4.69, 9.17) is 31.2 Å². The highest BCUT2D eigenvalue weighted by atomic mass is 35.5. The third-order valence-corrected chi connectivity index (χ3v) is 7.14. The van der Waals surface area contributed by atoms with Gasteiger partial charge in [0, 0.05) is 17.1 Å². The fraction of sp³-hybridized carbons (Fsp3) is 0.300. The summed E-state index contributed by atoms with van der Waals surface area (Å²) in [4.78, 5) is 35.2. The molecule has 9 nitrogen and oxygen atoms in total. The monoisotopic (exact) mass is 559 g/mol. The van der Waals surface area contributed by atoms with Gasteiger partial charge in [0.2, 0.25) is 0 Å². The molecule has 206 valence electrons. The van der Waals surface area contributed by atoms with Gasteiger partial charge < -0.3 is 14.8 Å². The summed E-state index contributed by atoms with van der Waals surface area (Å²) in [5.74, 6) is -0.315. The number of methoxy groups -OCH3 is 1. The molecule has 5 rings (SSSR count). The van der Waals surface area contributed by atoms with Crippen molar-refractivity contribution >= 4 is 40.6 Å². The first-order valence-electron chi connectivity index (χ1n) is 13.0. The number of halogens is 1. The Morgan fingerprint density at radius 2 is 1.88 bits per heavy atom. The number of hydrogen-bond donors (Lipinski definition) is 1. The van der Waals surface area contributed by atoms with E-state index in [1.807, 2.05) is 48.5 Å². The number of ether oxygens (including phenoxy) is 2. The van der Waals surface area contributed by atoms with E-state index in [2.05, 4.69) is 22.4 Å². The summed E-state index contributed by atoms with van der Waals surface area (Å²) >= 11 is 6.17. The molecule has 1 aromatic heterocycles. The van der Waals surface area contributed by atoms with Crippen molar-refractivity contribution in [1.82, 2.24) is 15.3 Å². The van der Waals surface area contributed by atoms with E-state index >= 15 is 0 Å². The molecule has 2 aromatic carbocycles. The molecule has 0 aliphatic carbocycles. The SMILES string of the molecule is COC(=O)C(C)(C)NC(=O)c1cnc(C2=CCOCC2)nc1N1CC(c2ccccc2)C(c2ccc(Cl)cc2)=N1. The summed E-state index contributed by atoms with van der Waals surface area (Å²) in [7, 11) is 1.28. The van der Waals surface area contributed by atoms with Gasteiger partial charge in [0.15, 0.2) is 11.6 Å². The summed E-state index contributed by atoms with van der Waals surface area (Å²) in [6, 6.07) is 17.6. The van der Waals surface area contributed by atoms with Gasteiger partial charge in [-0.1, -0.05) is 60.1 Å². The van der Waals surface area contributed by atoms with Crippen LogP contribution in [0.25, 0.3) is 5.57 Å². The fourth-order valence-electron chi connectivity index (χ4n) is 4.73. The van der Waals surface area contributed by atoms with Crippen LogP contribution in [0.3, 0.4) is 0 Å². The van der Waals surface area contributed by atoms with Crippen LogP contribution in [0.15, 0.2) is 72.0 Å². The molecule has 1 N–H and O–H groups in total. The van der Waals surface area contributed by atoms with Gasteiger partial charge >= 0.3 is 5.97 Å². The lowest BCUT2D eigenvalue weighted by Crippen LogP contribution is -2.50. The number of amides is 1. The molecule has 1 atom stereocenters. The number of carbonyl (C=O) groups is 2. The number of esters is 1. The third-order valence-electron chi connectivity index (χ3n) is 6.89. The Morgan fingerprint density at radius 1 is 1.12 bits per heavy atom. The van der Waals surface area contributed by atoms with Crippen LogP contribution in [0.1, 0.15) is 53.5 Å². The number of nitrogens with one attached hydrogen (secondary N) is 1. The molecule has 2 aliphatic heterocycles. The van der Waals surface area contributed by atoms with Crippen LogP contribution in [0, 0.1) is 0 Å². The van der Waals surface area contributed by atoms with Gasteiger partial charge in [-0.3, -0.25) is 4.79 Å². The summed E-state index contributed by atoms with van der Waals surface area (Å²) in [6.07, 6.45) is 4.10. The van der Waals surface area contributed by atoms with Gasteiger partial charge in [-0.25, -0.2) is 19.8 Å². The topological polar surface area (TPSA) is 106 Å². The van der Waals surface area contributed by atoms with Crippen molar-refractivity contribution < 1.29 is 19.1 Å².